The van der Waals surface area contributed by atoms with Crippen molar-refractivity contribution in [1.82, 2.24) is 19.9 Å². The number of pyridine rings is 1. The predicted octanol–water partition coefficient (Wildman–Crippen LogP) is 10.8. The number of aromatic nitrogens is 4. The highest BCUT2D eigenvalue weighted by atomic mass is 16.3. The van der Waals surface area contributed by atoms with Crippen molar-refractivity contribution in [2.24, 2.45) is 0 Å². The van der Waals surface area contributed by atoms with Crippen LogP contribution in [0.1, 0.15) is 0 Å². The van der Waals surface area contributed by atoms with Crippen LogP contribution in [0.5, 0.6) is 0 Å². The van der Waals surface area contributed by atoms with Gasteiger partial charge in [-0.05, 0) is 73.4 Å². The van der Waals surface area contributed by atoms with E-state index in [0.29, 0.717) is 17.5 Å². The van der Waals surface area contributed by atoms with Gasteiger partial charge in [0.05, 0.1) is 5.39 Å². The van der Waals surface area contributed by atoms with Gasteiger partial charge in [-0.3, -0.25) is 4.98 Å². The lowest BCUT2D eigenvalue weighted by Gasteiger charge is -2.12. The van der Waals surface area contributed by atoms with Crippen LogP contribution in [0.25, 0.3) is 99.3 Å². The smallest absolute Gasteiger partial charge is 0.164 e. The molecule has 0 saturated carbocycles. The standard InChI is InChI=1S/C42H24N4O/c1-2-10-27-22-29(18-15-25(27)8-1)40-44-41(30-19-20-32-28(23-30)17-16-26-9-3-4-11-31(26)32)46-42(45-40)35-24-37-38(34-13-6-5-12-33(34)35)39-36(47-37)14-7-21-43-39/h1-24H. The Morgan fingerprint density at radius 3 is 1.87 bits per heavy atom. The van der Waals surface area contributed by atoms with Crippen molar-refractivity contribution in [3.8, 4) is 34.2 Å². The Labute approximate surface area is 268 Å². The van der Waals surface area contributed by atoms with Crippen LogP contribution in [0.2, 0.25) is 0 Å². The largest absolute Gasteiger partial charge is 0.454 e. The molecule has 5 heteroatoms. The lowest BCUT2D eigenvalue weighted by atomic mass is 9.99. The zero-order valence-electron chi connectivity index (χ0n) is 25.1. The van der Waals surface area contributed by atoms with Crippen molar-refractivity contribution in [2.45, 2.75) is 0 Å². The molecule has 0 N–H and O–H groups in total. The van der Waals surface area contributed by atoms with Gasteiger partial charge in [-0.1, -0.05) is 109 Å². The molecule has 10 aromatic rings. The number of fused-ring (bicyclic) bond motifs is 9. The Balaban J connectivity index is 1.24. The Hall–Kier alpha value is -6.46. The van der Waals surface area contributed by atoms with E-state index in [0.717, 1.165) is 60.3 Å². The van der Waals surface area contributed by atoms with E-state index in [2.05, 4.69) is 120 Å². The van der Waals surface area contributed by atoms with Gasteiger partial charge in [0.1, 0.15) is 11.1 Å². The maximum absolute atomic E-state index is 6.35. The minimum absolute atomic E-state index is 0.586. The normalized spacial score (nSPS) is 11.8. The van der Waals surface area contributed by atoms with Crippen molar-refractivity contribution in [3.63, 3.8) is 0 Å². The van der Waals surface area contributed by atoms with E-state index in [1.807, 2.05) is 24.3 Å². The van der Waals surface area contributed by atoms with E-state index >= 15 is 0 Å². The summed E-state index contributed by atoms with van der Waals surface area (Å²) in [6, 6.07) is 48.2. The third-order valence-electron chi connectivity index (χ3n) is 9.12. The van der Waals surface area contributed by atoms with Crippen molar-refractivity contribution in [2.75, 3.05) is 0 Å². The summed E-state index contributed by atoms with van der Waals surface area (Å²) in [6.45, 7) is 0. The van der Waals surface area contributed by atoms with Gasteiger partial charge in [0, 0.05) is 22.9 Å². The van der Waals surface area contributed by atoms with Crippen LogP contribution >= 0.6 is 0 Å². The molecule has 7 aromatic carbocycles. The third-order valence-corrected chi connectivity index (χ3v) is 9.12. The zero-order valence-corrected chi connectivity index (χ0v) is 25.1. The molecule has 0 atom stereocenters. The summed E-state index contributed by atoms with van der Waals surface area (Å²) in [5, 5.41) is 10.1. The second-order valence-electron chi connectivity index (χ2n) is 11.9. The average Bonchev–Trinajstić information content (AvgIpc) is 3.53. The molecule has 47 heavy (non-hydrogen) atoms. The summed E-state index contributed by atoms with van der Waals surface area (Å²) in [7, 11) is 0. The minimum Gasteiger partial charge on any atom is -0.454 e. The maximum Gasteiger partial charge on any atom is 0.164 e. The molecular weight excluding hydrogens is 576 g/mol. The molecular formula is C42H24N4O. The first-order valence-electron chi connectivity index (χ1n) is 15.6. The Kier molecular flexibility index (Phi) is 5.51. The molecule has 0 amide bonds. The highest BCUT2D eigenvalue weighted by molar-refractivity contribution is 6.20. The number of furan rings is 1. The molecule has 0 aliphatic heterocycles. The van der Waals surface area contributed by atoms with Gasteiger partial charge in [-0.2, -0.15) is 0 Å². The van der Waals surface area contributed by atoms with Crippen molar-refractivity contribution in [3.05, 3.63) is 146 Å². The summed E-state index contributed by atoms with van der Waals surface area (Å²) in [5.41, 5.74) is 5.09. The first-order chi connectivity index (χ1) is 23.3. The van der Waals surface area contributed by atoms with E-state index < -0.39 is 0 Å². The van der Waals surface area contributed by atoms with Gasteiger partial charge >= 0.3 is 0 Å². The molecule has 0 bridgehead atoms. The van der Waals surface area contributed by atoms with Crippen LogP contribution in [-0.4, -0.2) is 19.9 Å². The maximum atomic E-state index is 6.35. The molecule has 0 fully saturated rings. The van der Waals surface area contributed by atoms with Gasteiger partial charge < -0.3 is 4.42 Å². The highest BCUT2D eigenvalue weighted by Gasteiger charge is 2.19. The van der Waals surface area contributed by atoms with Crippen LogP contribution < -0.4 is 0 Å². The van der Waals surface area contributed by atoms with Crippen molar-refractivity contribution < 1.29 is 4.42 Å². The number of benzene rings is 7. The van der Waals surface area contributed by atoms with Crippen LogP contribution in [0.3, 0.4) is 0 Å². The quantitative estimate of drug-likeness (QED) is 0.189. The van der Waals surface area contributed by atoms with Crippen LogP contribution in [0.15, 0.2) is 150 Å². The molecule has 0 unspecified atom stereocenters. The molecule has 0 radical (unpaired) electrons. The first kappa shape index (κ1) is 25.8. The van der Waals surface area contributed by atoms with E-state index in [9.17, 15) is 0 Å². The van der Waals surface area contributed by atoms with Crippen LogP contribution in [0.4, 0.5) is 0 Å². The van der Waals surface area contributed by atoms with Gasteiger partial charge in [-0.15, -0.1) is 0 Å². The molecule has 3 aromatic heterocycles. The third kappa shape index (κ3) is 4.10. The van der Waals surface area contributed by atoms with E-state index in [1.54, 1.807) is 6.20 Å². The fraction of sp³-hybridized carbons (Fsp3) is 0. The number of hydrogen-bond acceptors (Lipinski definition) is 5. The fourth-order valence-electron chi connectivity index (χ4n) is 6.87. The summed E-state index contributed by atoms with van der Waals surface area (Å²) in [6.07, 6.45) is 1.81. The summed E-state index contributed by atoms with van der Waals surface area (Å²) < 4.78 is 6.35. The lowest BCUT2D eigenvalue weighted by molar-refractivity contribution is 0.668. The molecule has 0 saturated heterocycles. The zero-order chi connectivity index (χ0) is 30.9. The van der Waals surface area contributed by atoms with E-state index in [4.69, 9.17) is 19.4 Å². The summed E-state index contributed by atoms with van der Waals surface area (Å²) >= 11 is 0. The second-order valence-corrected chi connectivity index (χ2v) is 11.9. The second kappa shape index (κ2) is 10.0. The molecule has 0 aliphatic carbocycles. The van der Waals surface area contributed by atoms with Crippen LogP contribution in [-0.2, 0) is 0 Å². The summed E-state index contributed by atoms with van der Waals surface area (Å²) in [4.78, 5) is 20.1. The van der Waals surface area contributed by atoms with E-state index in [-0.39, 0.29) is 0 Å². The van der Waals surface area contributed by atoms with Gasteiger partial charge in [0.2, 0.25) is 0 Å². The molecule has 0 spiro atoms. The van der Waals surface area contributed by atoms with Gasteiger partial charge in [0.25, 0.3) is 0 Å². The van der Waals surface area contributed by atoms with E-state index in [1.165, 1.54) is 21.5 Å². The monoisotopic (exact) mass is 600 g/mol. The number of hydrogen-bond donors (Lipinski definition) is 0. The molecule has 0 aliphatic rings. The van der Waals surface area contributed by atoms with Crippen molar-refractivity contribution >= 4 is 65.2 Å². The number of nitrogens with zero attached hydrogens (tertiary/aromatic N) is 4. The average molecular weight is 601 g/mol. The van der Waals surface area contributed by atoms with Crippen LogP contribution in [0, 0.1) is 0 Å². The van der Waals surface area contributed by atoms with Gasteiger partial charge in [0.15, 0.2) is 23.1 Å². The Morgan fingerprint density at radius 2 is 1.02 bits per heavy atom. The SMILES string of the molecule is c1ccc2cc(-c3nc(-c4ccc5c(ccc6ccccc65)c4)nc(-c4cc5oc6cccnc6c5c5ccccc45)n3)ccc2c1. The fourth-order valence-corrected chi connectivity index (χ4v) is 6.87. The van der Waals surface area contributed by atoms with Crippen molar-refractivity contribution in [1.29, 1.82) is 0 Å². The lowest BCUT2D eigenvalue weighted by Crippen LogP contribution is -2.01. The van der Waals surface area contributed by atoms with Gasteiger partial charge in [-0.25, -0.2) is 15.0 Å². The molecule has 10 rings (SSSR count). The Bertz CT molecular complexity index is 2870. The first-order valence-corrected chi connectivity index (χ1v) is 15.6. The topological polar surface area (TPSA) is 64.7 Å². The Morgan fingerprint density at radius 1 is 0.404 bits per heavy atom. The summed E-state index contributed by atoms with van der Waals surface area (Å²) in [5.74, 6) is 1.82. The molecule has 3 heterocycles. The predicted molar refractivity (Wildman–Crippen MR) is 191 cm³/mol. The number of rotatable bonds is 3. The molecule has 5 nitrogen and oxygen atoms in total. The highest BCUT2D eigenvalue weighted by Crippen LogP contribution is 2.39. The molecule has 218 valence electrons. The minimum atomic E-state index is 0.586.